The van der Waals surface area contributed by atoms with E-state index in [2.05, 4.69) is 17.6 Å². The maximum absolute atomic E-state index is 12.0. The average Bonchev–Trinajstić information content (AvgIpc) is 2.54. The number of hydrogen-bond donors (Lipinski definition) is 2. The highest BCUT2D eigenvalue weighted by Crippen LogP contribution is 2.15. The minimum atomic E-state index is 0.0369. The van der Waals surface area contributed by atoms with Gasteiger partial charge in [0.05, 0.1) is 6.54 Å². The van der Waals surface area contributed by atoms with Crippen molar-refractivity contribution in [2.45, 2.75) is 46.5 Å². The molecule has 23 heavy (non-hydrogen) atoms. The van der Waals surface area contributed by atoms with Crippen molar-refractivity contribution in [3.63, 3.8) is 0 Å². The fraction of sp³-hybridized carbons (Fsp3) is 0.556. The number of likely N-dealkylation sites (N-methyl/N-ethyl adjacent to an activating group) is 1. The first-order valence-corrected chi connectivity index (χ1v) is 8.52. The number of anilines is 2. The fourth-order valence-electron chi connectivity index (χ4n) is 2.33. The van der Waals surface area contributed by atoms with Crippen LogP contribution >= 0.6 is 0 Å². The number of hydrogen-bond acceptors (Lipinski definition) is 3. The number of carbonyl (C=O) groups is 2. The molecule has 0 saturated heterocycles. The van der Waals surface area contributed by atoms with Gasteiger partial charge in [-0.2, -0.15) is 0 Å². The third-order valence-electron chi connectivity index (χ3n) is 3.71. The van der Waals surface area contributed by atoms with Crippen LogP contribution in [-0.2, 0) is 9.59 Å². The summed E-state index contributed by atoms with van der Waals surface area (Å²) in [5.41, 5.74) is 1.59. The number of carbonyl (C=O) groups excluding carboxylic acids is 2. The Morgan fingerprint density at radius 2 is 1.74 bits per heavy atom. The largest absolute Gasteiger partial charge is 0.376 e. The fourth-order valence-corrected chi connectivity index (χ4v) is 2.33. The third kappa shape index (κ3) is 7.17. The van der Waals surface area contributed by atoms with Gasteiger partial charge in [-0.1, -0.05) is 25.8 Å². The lowest BCUT2D eigenvalue weighted by Crippen LogP contribution is -2.35. The molecule has 5 nitrogen and oxygen atoms in total. The Balaban J connectivity index is 2.50. The quantitative estimate of drug-likeness (QED) is 0.649. The van der Waals surface area contributed by atoms with E-state index in [1.807, 2.05) is 38.1 Å². The van der Waals surface area contributed by atoms with E-state index in [1.54, 1.807) is 4.90 Å². The molecular formula is C18H29N3O2. The number of benzene rings is 1. The molecule has 2 N–H and O–H groups in total. The van der Waals surface area contributed by atoms with Crippen molar-refractivity contribution in [3.8, 4) is 0 Å². The maximum atomic E-state index is 12.0. The second kappa shape index (κ2) is 10.6. The molecule has 2 amide bonds. The molecule has 0 bridgehead atoms. The van der Waals surface area contributed by atoms with Crippen LogP contribution in [0, 0.1) is 0 Å². The maximum Gasteiger partial charge on any atom is 0.241 e. The third-order valence-corrected chi connectivity index (χ3v) is 3.71. The van der Waals surface area contributed by atoms with Gasteiger partial charge >= 0.3 is 0 Å². The number of unbranched alkanes of at least 4 members (excludes halogenated alkanes) is 2. The van der Waals surface area contributed by atoms with E-state index in [1.165, 1.54) is 0 Å². The predicted octanol–water partition coefficient (Wildman–Crippen LogP) is 3.49. The van der Waals surface area contributed by atoms with Gasteiger partial charge in [-0.25, -0.2) is 0 Å². The smallest absolute Gasteiger partial charge is 0.241 e. The van der Waals surface area contributed by atoms with Crippen molar-refractivity contribution in [2.24, 2.45) is 0 Å². The summed E-state index contributed by atoms with van der Waals surface area (Å²) < 4.78 is 0. The molecule has 1 aromatic carbocycles. The minimum Gasteiger partial charge on any atom is -0.376 e. The highest BCUT2D eigenvalue weighted by Gasteiger charge is 2.09. The summed E-state index contributed by atoms with van der Waals surface area (Å²) in [5, 5.41) is 6.02. The van der Waals surface area contributed by atoms with Crippen molar-refractivity contribution in [2.75, 3.05) is 30.3 Å². The topological polar surface area (TPSA) is 61.4 Å². The lowest BCUT2D eigenvalue weighted by Gasteiger charge is -2.19. The van der Waals surface area contributed by atoms with Crippen molar-refractivity contribution < 1.29 is 9.59 Å². The Kier molecular flexibility index (Phi) is 8.80. The highest BCUT2D eigenvalue weighted by molar-refractivity contribution is 5.91. The van der Waals surface area contributed by atoms with Crippen LogP contribution in [0.3, 0.4) is 0 Å². The first kappa shape index (κ1) is 19.0. The number of amides is 2. The molecule has 0 atom stereocenters. The number of nitrogens with zero attached hydrogens (tertiary/aromatic N) is 1. The molecule has 0 saturated carbocycles. The number of rotatable bonds is 10. The molecule has 1 aromatic rings. The van der Waals surface area contributed by atoms with Crippen molar-refractivity contribution in [1.29, 1.82) is 0 Å². The van der Waals surface area contributed by atoms with Crippen LogP contribution in [0.5, 0.6) is 0 Å². The molecule has 0 aliphatic heterocycles. The van der Waals surface area contributed by atoms with Crippen LogP contribution < -0.4 is 10.6 Å². The van der Waals surface area contributed by atoms with E-state index in [-0.39, 0.29) is 18.4 Å². The molecule has 5 heteroatoms. The van der Waals surface area contributed by atoms with Gasteiger partial charge < -0.3 is 15.5 Å². The van der Waals surface area contributed by atoms with Crippen LogP contribution in [0.25, 0.3) is 0 Å². The van der Waals surface area contributed by atoms with Gasteiger partial charge in [0.1, 0.15) is 0 Å². The molecular weight excluding hydrogens is 290 g/mol. The van der Waals surface area contributed by atoms with Gasteiger partial charge in [0.2, 0.25) is 11.8 Å². The SMILES string of the molecule is CCCCCC(=O)Nc1cccc(NCC(=O)N(CC)CC)c1. The summed E-state index contributed by atoms with van der Waals surface area (Å²) in [6.45, 7) is 7.74. The van der Waals surface area contributed by atoms with Gasteiger partial charge in [0, 0.05) is 30.9 Å². The lowest BCUT2D eigenvalue weighted by atomic mass is 10.2. The molecule has 128 valence electrons. The first-order valence-electron chi connectivity index (χ1n) is 8.52. The van der Waals surface area contributed by atoms with Gasteiger partial charge in [0.15, 0.2) is 0 Å². The van der Waals surface area contributed by atoms with E-state index in [0.717, 1.165) is 30.6 Å². The molecule has 0 unspecified atom stereocenters. The molecule has 0 aliphatic carbocycles. The first-order chi connectivity index (χ1) is 11.1. The Morgan fingerprint density at radius 3 is 2.39 bits per heavy atom. The van der Waals surface area contributed by atoms with E-state index in [0.29, 0.717) is 19.5 Å². The molecule has 0 fully saturated rings. The van der Waals surface area contributed by atoms with Gasteiger partial charge in [0.25, 0.3) is 0 Å². The zero-order valence-electron chi connectivity index (χ0n) is 14.5. The molecule has 0 aromatic heterocycles. The minimum absolute atomic E-state index is 0.0369. The zero-order valence-corrected chi connectivity index (χ0v) is 14.5. The summed E-state index contributed by atoms with van der Waals surface area (Å²) in [6, 6.07) is 7.47. The van der Waals surface area contributed by atoms with Gasteiger partial charge in [-0.15, -0.1) is 0 Å². The molecule has 0 radical (unpaired) electrons. The van der Waals surface area contributed by atoms with Crippen LogP contribution in [-0.4, -0.2) is 36.3 Å². The van der Waals surface area contributed by atoms with Crippen LogP contribution in [0.4, 0.5) is 11.4 Å². The van der Waals surface area contributed by atoms with Crippen molar-refractivity contribution in [1.82, 2.24) is 4.90 Å². The molecule has 0 spiro atoms. The van der Waals surface area contributed by atoms with Gasteiger partial charge in [-0.3, -0.25) is 9.59 Å². The Labute approximate surface area is 139 Å². The summed E-state index contributed by atoms with van der Waals surface area (Å²) >= 11 is 0. The molecule has 1 rings (SSSR count). The monoisotopic (exact) mass is 319 g/mol. The van der Waals surface area contributed by atoms with Crippen LogP contribution in [0.15, 0.2) is 24.3 Å². The zero-order chi connectivity index (χ0) is 17.1. The molecule has 0 heterocycles. The molecule has 0 aliphatic rings. The summed E-state index contributed by atoms with van der Waals surface area (Å²) in [5.74, 6) is 0.110. The van der Waals surface area contributed by atoms with E-state index >= 15 is 0 Å². The number of nitrogens with one attached hydrogen (secondary N) is 2. The average molecular weight is 319 g/mol. The Hall–Kier alpha value is -2.04. The van der Waals surface area contributed by atoms with E-state index < -0.39 is 0 Å². The Bertz CT molecular complexity index is 499. The standard InChI is InChI=1S/C18H29N3O2/c1-4-7-8-12-17(22)20-16-11-9-10-15(13-16)19-14-18(23)21(5-2)6-3/h9-11,13,19H,4-8,12,14H2,1-3H3,(H,20,22). The second-order valence-corrected chi connectivity index (χ2v) is 5.51. The summed E-state index contributed by atoms with van der Waals surface area (Å²) in [4.78, 5) is 25.6. The van der Waals surface area contributed by atoms with E-state index in [4.69, 9.17) is 0 Å². The van der Waals surface area contributed by atoms with Crippen molar-refractivity contribution in [3.05, 3.63) is 24.3 Å². The summed E-state index contributed by atoms with van der Waals surface area (Å²) in [6.07, 6.45) is 3.64. The van der Waals surface area contributed by atoms with Crippen molar-refractivity contribution >= 4 is 23.2 Å². The highest BCUT2D eigenvalue weighted by atomic mass is 16.2. The van der Waals surface area contributed by atoms with Crippen LogP contribution in [0.1, 0.15) is 46.5 Å². The Morgan fingerprint density at radius 1 is 1.04 bits per heavy atom. The predicted molar refractivity (Wildman–Crippen MR) is 95.6 cm³/mol. The van der Waals surface area contributed by atoms with E-state index in [9.17, 15) is 9.59 Å². The summed E-state index contributed by atoms with van der Waals surface area (Å²) in [7, 11) is 0. The second-order valence-electron chi connectivity index (χ2n) is 5.51. The van der Waals surface area contributed by atoms with Gasteiger partial charge in [-0.05, 0) is 38.5 Å². The lowest BCUT2D eigenvalue weighted by molar-refractivity contribution is -0.128. The normalized spacial score (nSPS) is 10.2. The van der Waals surface area contributed by atoms with Crippen LogP contribution in [0.2, 0.25) is 0 Å².